The average molecular weight is 284 g/mol. The zero-order valence-electron chi connectivity index (χ0n) is 11.7. The Morgan fingerprint density at radius 1 is 1.30 bits per heavy atom. The highest BCUT2D eigenvalue weighted by Gasteiger charge is 2.39. The second-order valence-corrected chi connectivity index (χ2v) is 5.42. The van der Waals surface area contributed by atoms with Crippen LogP contribution in [0.2, 0.25) is 0 Å². The van der Waals surface area contributed by atoms with E-state index in [0.29, 0.717) is 0 Å². The van der Waals surface area contributed by atoms with Gasteiger partial charge in [-0.05, 0) is 39.8 Å². The van der Waals surface area contributed by atoms with E-state index in [9.17, 15) is 19.1 Å². The van der Waals surface area contributed by atoms with E-state index in [1.54, 1.807) is 20.8 Å². The molecule has 1 unspecified atom stereocenters. The molecule has 0 bridgehead atoms. The zero-order valence-corrected chi connectivity index (χ0v) is 11.7. The maximum atomic E-state index is 12.8. The molecule has 0 aliphatic heterocycles. The van der Waals surface area contributed by atoms with Crippen LogP contribution >= 0.6 is 0 Å². The molecule has 0 aliphatic rings. The van der Waals surface area contributed by atoms with E-state index in [4.69, 9.17) is 4.74 Å². The summed E-state index contributed by atoms with van der Waals surface area (Å²) in [6.45, 7) is 6.21. The van der Waals surface area contributed by atoms with Crippen molar-refractivity contribution in [3.05, 3.63) is 29.8 Å². The second-order valence-electron chi connectivity index (χ2n) is 5.42. The summed E-state index contributed by atoms with van der Waals surface area (Å²) in [4.78, 5) is 26.8. The van der Waals surface area contributed by atoms with Crippen LogP contribution in [0.25, 0.3) is 0 Å². The third-order valence-electron chi connectivity index (χ3n) is 2.42. The molecule has 1 aromatic rings. The minimum atomic E-state index is -1.81. The van der Waals surface area contributed by atoms with Crippen LogP contribution in [0.15, 0.2) is 18.3 Å². The highest BCUT2D eigenvalue weighted by Crippen LogP contribution is 2.20. The number of amides is 1. The second kappa shape index (κ2) is 5.44. The van der Waals surface area contributed by atoms with Crippen LogP contribution in [0.4, 0.5) is 9.18 Å². The summed E-state index contributed by atoms with van der Waals surface area (Å²) < 4.78 is 17.9. The first-order chi connectivity index (χ1) is 9.04. The quantitative estimate of drug-likeness (QED) is 0.886. The molecule has 1 amide bonds. The number of carboxylic acids is 1. The Bertz CT molecular complexity index is 510. The lowest BCUT2D eigenvalue weighted by Gasteiger charge is -2.28. The molecule has 0 spiro atoms. The summed E-state index contributed by atoms with van der Waals surface area (Å²) in [5.74, 6) is -1.93. The topological polar surface area (TPSA) is 88.5 Å². The van der Waals surface area contributed by atoms with Gasteiger partial charge in [0, 0.05) is 0 Å². The third-order valence-corrected chi connectivity index (χ3v) is 2.42. The Morgan fingerprint density at radius 2 is 1.90 bits per heavy atom. The smallest absolute Gasteiger partial charge is 0.408 e. The first-order valence-corrected chi connectivity index (χ1v) is 5.91. The van der Waals surface area contributed by atoms with Gasteiger partial charge >= 0.3 is 12.1 Å². The number of hydrogen-bond donors (Lipinski definition) is 2. The minimum absolute atomic E-state index is 0.00254. The number of aromatic nitrogens is 1. The fraction of sp³-hybridized carbons (Fsp3) is 0.462. The first kappa shape index (κ1) is 15.9. The summed E-state index contributed by atoms with van der Waals surface area (Å²) in [6.07, 6.45) is -0.0126. The zero-order chi connectivity index (χ0) is 15.6. The number of alkyl carbamates (subject to hydrolysis) is 1. The molecular weight excluding hydrogens is 267 g/mol. The van der Waals surface area contributed by atoms with Gasteiger partial charge in [0.2, 0.25) is 0 Å². The fourth-order valence-electron chi connectivity index (χ4n) is 1.41. The van der Waals surface area contributed by atoms with Gasteiger partial charge in [-0.2, -0.15) is 0 Å². The molecule has 1 heterocycles. The molecule has 0 saturated heterocycles. The van der Waals surface area contributed by atoms with Gasteiger partial charge in [-0.25, -0.2) is 14.0 Å². The number of rotatable bonds is 3. The molecule has 0 radical (unpaired) electrons. The number of nitrogens with one attached hydrogen (secondary N) is 1. The Balaban J connectivity index is 3.01. The number of carbonyl (C=O) groups excluding carboxylic acids is 1. The monoisotopic (exact) mass is 284 g/mol. The van der Waals surface area contributed by atoms with Crippen molar-refractivity contribution in [3.8, 4) is 0 Å². The maximum absolute atomic E-state index is 12.8. The lowest BCUT2D eigenvalue weighted by atomic mass is 9.97. The average Bonchev–Trinajstić information content (AvgIpc) is 2.26. The van der Waals surface area contributed by atoms with Crippen LogP contribution in [-0.2, 0) is 15.1 Å². The van der Waals surface area contributed by atoms with Crippen molar-refractivity contribution in [2.75, 3.05) is 0 Å². The Morgan fingerprint density at radius 3 is 2.30 bits per heavy atom. The summed E-state index contributed by atoms with van der Waals surface area (Å²) >= 11 is 0. The number of hydrogen-bond acceptors (Lipinski definition) is 4. The summed E-state index contributed by atoms with van der Waals surface area (Å²) in [5, 5.41) is 11.5. The predicted molar refractivity (Wildman–Crippen MR) is 68.6 cm³/mol. The van der Waals surface area contributed by atoms with Crippen molar-refractivity contribution in [2.24, 2.45) is 0 Å². The van der Waals surface area contributed by atoms with Gasteiger partial charge < -0.3 is 15.2 Å². The largest absolute Gasteiger partial charge is 0.479 e. The Hall–Kier alpha value is -2.18. The fourth-order valence-corrected chi connectivity index (χ4v) is 1.41. The van der Waals surface area contributed by atoms with Gasteiger partial charge in [-0.3, -0.25) is 4.98 Å². The number of carbonyl (C=O) groups is 2. The van der Waals surface area contributed by atoms with E-state index in [-0.39, 0.29) is 5.69 Å². The molecule has 1 aromatic heterocycles. The van der Waals surface area contributed by atoms with Crippen molar-refractivity contribution in [1.29, 1.82) is 0 Å². The first-order valence-electron chi connectivity index (χ1n) is 5.91. The van der Waals surface area contributed by atoms with Crippen molar-refractivity contribution in [1.82, 2.24) is 10.3 Å². The van der Waals surface area contributed by atoms with E-state index < -0.39 is 29.0 Å². The van der Waals surface area contributed by atoms with Gasteiger partial charge in [0.1, 0.15) is 11.4 Å². The normalized spacial score (nSPS) is 14.2. The van der Waals surface area contributed by atoms with Crippen LogP contribution in [0.5, 0.6) is 0 Å². The van der Waals surface area contributed by atoms with E-state index in [1.807, 2.05) is 0 Å². The Labute approximate surface area is 116 Å². The molecular formula is C13H17FN2O4. The van der Waals surface area contributed by atoms with Crippen molar-refractivity contribution >= 4 is 12.1 Å². The standard InChI is InChI=1S/C13H17FN2O4/c1-12(2,3)20-11(19)16-13(4,10(17)18)9-6-5-8(14)7-15-9/h5-7H,1-4H3,(H,16,19)(H,17,18). The van der Waals surface area contributed by atoms with Crippen LogP contribution in [-0.4, -0.2) is 27.8 Å². The van der Waals surface area contributed by atoms with Gasteiger partial charge in [0.05, 0.1) is 11.9 Å². The summed E-state index contributed by atoms with van der Waals surface area (Å²) in [5.41, 5.74) is -2.58. The van der Waals surface area contributed by atoms with Crippen LogP contribution < -0.4 is 5.32 Å². The van der Waals surface area contributed by atoms with Crippen molar-refractivity contribution in [2.45, 2.75) is 38.8 Å². The number of halogens is 1. The molecule has 6 nitrogen and oxygen atoms in total. The van der Waals surface area contributed by atoms with E-state index in [0.717, 1.165) is 12.3 Å². The number of carboxylic acid groups (broad SMARTS) is 1. The summed E-state index contributed by atoms with van der Waals surface area (Å²) in [7, 11) is 0. The number of nitrogens with zero attached hydrogens (tertiary/aromatic N) is 1. The number of ether oxygens (including phenoxy) is 1. The van der Waals surface area contributed by atoms with Crippen molar-refractivity contribution < 1.29 is 23.8 Å². The maximum Gasteiger partial charge on any atom is 0.408 e. The molecule has 0 saturated carbocycles. The molecule has 110 valence electrons. The third kappa shape index (κ3) is 3.91. The van der Waals surface area contributed by atoms with Gasteiger partial charge in [-0.1, -0.05) is 0 Å². The van der Waals surface area contributed by atoms with E-state index >= 15 is 0 Å². The number of aliphatic carboxylic acids is 1. The van der Waals surface area contributed by atoms with E-state index in [2.05, 4.69) is 10.3 Å². The van der Waals surface area contributed by atoms with Crippen LogP contribution in [0.3, 0.4) is 0 Å². The predicted octanol–water partition coefficient (Wildman–Crippen LogP) is 2.05. The molecule has 7 heteroatoms. The van der Waals surface area contributed by atoms with Gasteiger partial charge in [0.25, 0.3) is 0 Å². The molecule has 20 heavy (non-hydrogen) atoms. The minimum Gasteiger partial charge on any atom is -0.479 e. The molecule has 1 rings (SSSR count). The van der Waals surface area contributed by atoms with Gasteiger partial charge in [-0.15, -0.1) is 0 Å². The Kier molecular flexibility index (Phi) is 4.32. The van der Waals surface area contributed by atoms with E-state index in [1.165, 1.54) is 13.0 Å². The molecule has 1 atom stereocenters. The van der Waals surface area contributed by atoms with Gasteiger partial charge in [0.15, 0.2) is 5.54 Å². The molecule has 0 aromatic carbocycles. The van der Waals surface area contributed by atoms with Crippen molar-refractivity contribution in [3.63, 3.8) is 0 Å². The van der Waals surface area contributed by atoms with Crippen LogP contribution in [0.1, 0.15) is 33.4 Å². The highest BCUT2D eigenvalue weighted by atomic mass is 19.1. The SMILES string of the molecule is CC(C)(C)OC(=O)NC(C)(C(=O)O)c1ccc(F)cn1. The van der Waals surface area contributed by atoms with Crippen LogP contribution in [0, 0.1) is 5.82 Å². The highest BCUT2D eigenvalue weighted by molar-refractivity contribution is 5.84. The summed E-state index contributed by atoms with van der Waals surface area (Å²) in [6, 6.07) is 2.26. The lowest BCUT2D eigenvalue weighted by Crippen LogP contribution is -2.51. The molecule has 0 fully saturated rings. The molecule has 0 aliphatic carbocycles. The lowest BCUT2D eigenvalue weighted by molar-refractivity contribution is -0.144. The number of pyridine rings is 1. The molecule has 2 N–H and O–H groups in total.